The third-order valence-electron chi connectivity index (χ3n) is 3.82. The summed E-state index contributed by atoms with van der Waals surface area (Å²) in [6.45, 7) is 17.6. The topological polar surface area (TPSA) is 21.8 Å². The van der Waals surface area contributed by atoms with Crippen LogP contribution in [0.5, 0.6) is 0 Å². The van der Waals surface area contributed by atoms with E-state index in [0.717, 1.165) is 13.2 Å². The molecule has 1 atom stereocenters. The molecule has 1 aliphatic rings. The molecular weight excluding hydrogens is 204 g/mol. The first-order valence-corrected chi connectivity index (χ1v) is 8.73. The van der Waals surface area contributed by atoms with Crippen molar-refractivity contribution >= 4 is 8.32 Å². The van der Waals surface area contributed by atoms with Crippen molar-refractivity contribution < 1.29 is 9.16 Å². The lowest BCUT2D eigenvalue weighted by Gasteiger charge is -2.38. The van der Waals surface area contributed by atoms with Gasteiger partial charge in [0.1, 0.15) is 0 Å². The zero-order chi connectivity index (χ0) is 11.9. The molecule has 0 N–H and O–H groups in total. The van der Waals surface area contributed by atoms with Crippen LogP contribution < -0.4 is 0 Å². The van der Waals surface area contributed by atoms with Gasteiger partial charge in [0.15, 0.2) is 8.32 Å². The van der Waals surface area contributed by atoms with E-state index in [-0.39, 0.29) is 5.41 Å². The van der Waals surface area contributed by atoms with Crippen molar-refractivity contribution in [3.8, 4) is 0 Å². The minimum atomic E-state index is -1.59. The Labute approximate surface area is 95.5 Å². The molecule has 1 rings (SSSR count). The molecule has 1 heterocycles. The second-order valence-electron chi connectivity index (χ2n) is 6.86. The van der Waals surface area contributed by atoms with E-state index in [4.69, 9.17) is 9.16 Å². The highest BCUT2D eigenvalue weighted by Crippen LogP contribution is 2.39. The Morgan fingerprint density at radius 3 is 2.00 bits per heavy atom. The van der Waals surface area contributed by atoms with Gasteiger partial charge in [0.05, 0.1) is 12.7 Å². The summed E-state index contributed by atoms with van der Waals surface area (Å²) in [5, 5.41) is 0.299. The molecule has 0 aromatic rings. The quantitative estimate of drug-likeness (QED) is 0.545. The smallest absolute Gasteiger partial charge is 0.192 e. The van der Waals surface area contributed by atoms with Gasteiger partial charge in [0.25, 0.3) is 0 Å². The molecule has 3 heteroatoms. The summed E-state index contributed by atoms with van der Waals surface area (Å²) in [5.74, 6) is 0. The molecular formula is C12H26O2Si. The summed E-state index contributed by atoms with van der Waals surface area (Å²) >= 11 is 0. The number of rotatable bonds is 4. The molecule has 2 nitrogen and oxygen atoms in total. The van der Waals surface area contributed by atoms with Gasteiger partial charge in [-0.15, -0.1) is 0 Å². The van der Waals surface area contributed by atoms with Crippen LogP contribution in [0.2, 0.25) is 18.1 Å². The van der Waals surface area contributed by atoms with Crippen LogP contribution in [-0.2, 0) is 9.16 Å². The molecule has 1 saturated heterocycles. The van der Waals surface area contributed by atoms with Crippen LogP contribution in [0.1, 0.15) is 34.6 Å². The van der Waals surface area contributed by atoms with Crippen molar-refractivity contribution in [2.45, 2.75) is 58.9 Å². The van der Waals surface area contributed by atoms with Gasteiger partial charge in [-0.25, -0.2) is 0 Å². The Bertz CT molecular complexity index is 224. The molecule has 0 spiro atoms. The summed E-state index contributed by atoms with van der Waals surface area (Å²) in [5.41, 5.74) is 0.176. The molecule has 0 unspecified atom stereocenters. The number of hydrogen-bond acceptors (Lipinski definition) is 2. The van der Waals surface area contributed by atoms with Crippen LogP contribution in [0.25, 0.3) is 0 Å². The lowest BCUT2D eigenvalue weighted by atomic mass is 9.91. The molecule has 1 fully saturated rings. The summed E-state index contributed by atoms with van der Waals surface area (Å²) in [4.78, 5) is 0. The van der Waals surface area contributed by atoms with Gasteiger partial charge in [0.2, 0.25) is 0 Å². The van der Waals surface area contributed by atoms with Gasteiger partial charge in [-0.2, -0.15) is 0 Å². The third-order valence-corrected chi connectivity index (χ3v) is 8.29. The normalized spacial score (nSPS) is 23.0. The fourth-order valence-corrected chi connectivity index (χ4v) is 2.34. The van der Waals surface area contributed by atoms with Crippen molar-refractivity contribution in [1.29, 1.82) is 0 Å². The maximum absolute atomic E-state index is 6.22. The molecule has 0 aliphatic carbocycles. The number of ether oxygens (including phenoxy) is 1. The molecule has 90 valence electrons. The van der Waals surface area contributed by atoms with Crippen LogP contribution >= 0.6 is 0 Å². The molecule has 0 amide bonds. The number of epoxide rings is 1. The summed E-state index contributed by atoms with van der Waals surface area (Å²) in [6, 6.07) is 0. The Morgan fingerprint density at radius 2 is 1.67 bits per heavy atom. The fraction of sp³-hybridized carbons (Fsp3) is 1.00. The maximum Gasteiger partial charge on any atom is 0.192 e. The molecule has 0 aromatic heterocycles. The van der Waals surface area contributed by atoms with E-state index in [1.807, 2.05) is 0 Å². The van der Waals surface area contributed by atoms with Gasteiger partial charge in [-0.3, -0.25) is 0 Å². The second-order valence-corrected chi connectivity index (χ2v) is 11.7. The Hall–Kier alpha value is 0.137. The van der Waals surface area contributed by atoms with Gasteiger partial charge in [-0.05, 0) is 18.1 Å². The van der Waals surface area contributed by atoms with Crippen molar-refractivity contribution in [3.05, 3.63) is 0 Å². The standard InChI is InChI=1S/C12H26O2Si/c1-11(2,3)15(6,7)14-9-12(4,5)10-8-13-10/h10H,8-9H2,1-7H3/t10-/m1/s1. The molecule has 15 heavy (non-hydrogen) atoms. The Kier molecular flexibility index (Phi) is 3.40. The van der Waals surface area contributed by atoms with Crippen molar-refractivity contribution in [3.63, 3.8) is 0 Å². The zero-order valence-electron chi connectivity index (χ0n) is 11.3. The van der Waals surface area contributed by atoms with Crippen LogP contribution in [0.4, 0.5) is 0 Å². The monoisotopic (exact) mass is 230 g/mol. The van der Waals surface area contributed by atoms with Crippen molar-refractivity contribution in [2.24, 2.45) is 5.41 Å². The lowest BCUT2D eigenvalue weighted by Crippen LogP contribution is -2.44. The van der Waals surface area contributed by atoms with Gasteiger partial charge in [-0.1, -0.05) is 34.6 Å². The second kappa shape index (κ2) is 3.86. The van der Waals surface area contributed by atoms with E-state index in [1.54, 1.807) is 0 Å². The summed E-state index contributed by atoms with van der Waals surface area (Å²) in [6.07, 6.45) is 0.419. The largest absolute Gasteiger partial charge is 0.416 e. The SMILES string of the molecule is CC(C)(CO[Si](C)(C)C(C)(C)C)[C@H]1CO1. The fourth-order valence-electron chi connectivity index (χ4n) is 1.18. The molecule has 0 bridgehead atoms. The van der Waals surface area contributed by atoms with E-state index in [0.29, 0.717) is 11.1 Å². The van der Waals surface area contributed by atoms with E-state index in [1.165, 1.54) is 0 Å². The summed E-state index contributed by atoms with van der Waals surface area (Å²) < 4.78 is 11.6. The molecule has 1 aliphatic heterocycles. The van der Waals surface area contributed by atoms with Crippen molar-refractivity contribution in [1.82, 2.24) is 0 Å². The Morgan fingerprint density at radius 1 is 1.20 bits per heavy atom. The van der Waals surface area contributed by atoms with E-state index < -0.39 is 8.32 Å². The van der Waals surface area contributed by atoms with E-state index >= 15 is 0 Å². The van der Waals surface area contributed by atoms with Crippen LogP contribution in [0.3, 0.4) is 0 Å². The Balaban J connectivity index is 2.48. The zero-order valence-corrected chi connectivity index (χ0v) is 12.3. The first kappa shape index (κ1) is 13.2. The lowest BCUT2D eigenvalue weighted by molar-refractivity contribution is 0.129. The highest BCUT2D eigenvalue weighted by molar-refractivity contribution is 6.74. The first-order chi connectivity index (χ1) is 6.56. The van der Waals surface area contributed by atoms with Crippen LogP contribution in [0, 0.1) is 5.41 Å². The highest BCUT2D eigenvalue weighted by atomic mass is 28.4. The van der Waals surface area contributed by atoms with E-state index in [2.05, 4.69) is 47.7 Å². The first-order valence-electron chi connectivity index (χ1n) is 5.82. The maximum atomic E-state index is 6.22. The van der Waals surface area contributed by atoms with Gasteiger partial charge >= 0.3 is 0 Å². The predicted molar refractivity (Wildman–Crippen MR) is 66.7 cm³/mol. The average Bonchev–Trinajstić information content (AvgIpc) is 2.81. The minimum Gasteiger partial charge on any atom is -0.416 e. The predicted octanol–water partition coefficient (Wildman–Crippen LogP) is 3.43. The van der Waals surface area contributed by atoms with E-state index in [9.17, 15) is 0 Å². The number of hydrogen-bond donors (Lipinski definition) is 0. The highest BCUT2D eigenvalue weighted by Gasteiger charge is 2.43. The molecule has 0 saturated carbocycles. The molecule has 0 radical (unpaired) electrons. The van der Waals surface area contributed by atoms with Gasteiger partial charge < -0.3 is 9.16 Å². The minimum absolute atomic E-state index is 0.176. The third kappa shape index (κ3) is 3.30. The molecule has 0 aromatic carbocycles. The average molecular weight is 230 g/mol. The van der Waals surface area contributed by atoms with Crippen LogP contribution in [0.15, 0.2) is 0 Å². The summed E-state index contributed by atoms with van der Waals surface area (Å²) in [7, 11) is -1.59. The van der Waals surface area contributed by atoms with Gasteiger partial charge in [0, 0.05) is 12.0 Å². The van der Waals surface area contributed by atoms with Crippen molar-refractivity contribution in [2.75, 3.05) is 13.2 Å². The van der Waals surface area contributed by atoms with Crippen LogP contribution in [-0.4, -0.2) is 27.6 Å².